The van der Waals surface area contributed by atoms with Crippen LogP contribution in [0.2, 0.25) is 0 Å². The Hall–Kier alpha value is -1.42. The number of rotatable bonds is 3. The first-order chi connectivity index (χ1) is 10.0. The Morgan fingerprint density at radius 3 is 2.09 bits per heavy atom. The number of hydrogen-bond donors (Lipinski definition) is 2. The summed E-state index contributed by atoms with van der Waals surface area (Å²) in [5.41, 5.74) is 6.46. The molecule has 0 atom stereocenters. The van der Waals surface area contributed by atoms with Crippen LogP contribution in [0, 0.1) is 6.92 Å². The number of nitrogens with two attached hydrogens (primary N) is 2. The van der Waals surface area contributed by atoms with E-state index in [4.69, 9.17) is 10.9 Å². The Balaban J connectivity index is 2.70. The first-order valence-electron chi connectivity index (χ1n) is 5.97. The molecule has 0 aliphatic carbocycles. The molecule has 0 bridgehead atoms. The summed E-state index contributed by atoms with van der Waals surface area (Å²) in [6.07, 6.45) is 0. The molecule has 0 amide bonds. The molecule has 2 rings (SSSR count). The summed E-state index contributed by atoms with van der Waals surface area (Å²) >= 11 is 3.17. The van der Waals surface area contributed by atoms with Gasteiger partial charge in [0.05, 0.1) is 14.7 Å². The van der Waals surface area contributed by atoms with Crippen molar-refractivity contribution in [2.24, 2.45) is 5.14 Å². The molecule has 4 N–H and O–H groups in total. The van der Waals surface area contributed by atoms with E-state index in [1.165, 1.54) is 30.3 Å². The van der Waals surface area contributed by atoms with Crippen LogP contribution in [0.5, 0.6) is 0 Å². The van der Waals surface area contributed by atoms with Crippen molar-refractivity contribution in [3.63, 3.8) is 0 Å². The van der Waals surface area contributed by atoms with Gasteiger partial charge in [-0.1, -0.05) is 6.07 Å². The van der Waals surface area contributed by atoms with Gasteiger partial charge >= 0.3 is 0 Å². The van der Waals surface area contributed by atoms with Crippen LogP contribution in [0.25, 0.3) is 0 Å². The predicted molar refractivity (Wildman–Crippen MR) is 86.6 cm³/mol. The molecule has 0 aliphatic heterocycles. The van der Waals surface area contributed by atoms with Crippen molar-refractivity contribution in [2.75, 3.05) is 5.73 Å². The first-order valence-corrected chi connectivity index (χ1v) is 9.79. The molecule has 118 valence electrons. The smallest absolute Gasteiger partial charge is 0.238 e. The number of sulfonamides is 1. The van der Waals surface area contributed by atoms with Crippen LogP contribution in [-0.4, -0.2) is 16.8 Å². The van der Waals surface area contributed by atoms with Crippen molar-refractivity contribution in [1.29, 1.82) is 0 Å². The fourth-order valence-corrected chi connectivity index (χ4v) is 4.54. The van der Waals surface area contributed by atoms with E-state index in [2.05, 4.69) is 15.9 Å². The molecule has 2 aromatic carbocycles. The third kappa shape index (κ3) is 3.17. The molecule has 0 radical (unpaired) electrons. The van der Waals surface area contributed by atoms with Gasteiger partial charge in [0.1, 0.15) is 0 Å². The second kappa shape index (κ2) is 5.65. The fraction of sp³-hybridized carbons (Fsp3) is 0.0769. The molecule has 2 aromatic rings. The Labute approximate surface area is 137 Å². The molecule has 9 heteroatoms. The van der Waals surface area contributed by atoms with E-state index >= 15 is 0 Å². The van der Waals surface area contributed by atoms with Crippen LogP contribution >= 0.6 is 15.9 Å². The number of halogens is 1. The van der Waals surface area contributed by atoms with Gasteiger partial charge < -0.3 is 5.73 Å². The van der Waals surface area contributed by atoms with Gasteiger partial charge in [0.2, 0.25) is 19.9 Å². The zero-order valence-corrected chi connectivity index (χ0v) is 14.7. The second-order valence-electron chi connectivity index (χ2n) is 4.66. The number of benzene rings is 2. The summed E-state index contributed by atoms with van der Waals surface area (Å²) < 4.78 is 48.7. The lowest BCUT2D eigenvalue weighted by Gasteiger charge is -2.10. The predicted octanol–water partition coefficient (Wildman–Crippen LogP) is 1.82. The standard InChI is InChI=1S/C13H13BrN2O4S2/c1-8-2-3-10(22(16,19)20)7-13(8)21(17,18)9-4-5-12(15)11(14)6-9/h2-7H,15H2,1H3,(H2,16,19,20). The molecule has 0 saturated carbocycles. The molecule has 0 saturated heterocycles. The highest BCUT2D eigenvalue weighted by molar-refractivity contribution is 9.10. The van der Waals surface area contributed by atoms with Crippen LogP contribution in [0.4, 0.5) is 5.69 Å². The Kier molecular flexibility index (Phi) is 4.35. The van der Waals surface area contributed by atoms with E-state index < -0.39 is 19.9 Å². The van der Waals surface area contributed by atoms with E-state index in [1.807, 2.05) is 0 Å². The number of nitrogen functional groups attached to an aromatic ring is 1. The molecule has 0 spiro atoms. The van der Waals surface area contributed by atoms with Crippen LogP contribution in [-0.2, 0) is 19.9 Å². The van der Waals surface area contributed by atoms with Crippen molar-refractivity contribution in [2.45, 2.75) is 21.6 Å². The number of hydrogen-bond acceptors (Lipinski definition) is 5. The molecule has 6 nitrogen and oxygen atoms in total. The van der Waals surface area contributed by atoms with E-state index in [9.17, 15) is 16.8 Å². The zero-order chi connectivity index (χ0) is 16.7. The number of sulfone groups is 1. The SMILES string of the molecule is Cc1ccc(S(N)(=O)=O)cc1S(=O)(=O)c1ccc(N)c(Br)c1. The lowest BCUT2D eigenvalue weighted by molar-refractivity contribution is 0.594. The zero-order valence-electron chi connectivity index (χ0n) is 11.4. The van der Waals surface area contributed by atoms with E-state index in [0.29, 0.717) is 15.7 Å². The van der Waals surface area contributed by atoms with E-state index in [0.717, 1.165) is 6.07 Å². The summed E-state index contributed by atoms with van der Waals surface area (Å²) in [5, 5.41) is 5.06. The third-order valence-electron chi connectivity index (χ3n) is 3.06. The molecule has 0 fully saturated rings. The van der Waals surface area contributed by atoms with Crippen LogP contribution < -0.4 is 10.9 Å². The van der Waals surface area contributed by atoms with Crippen molar-refractivity contribution in [3.8, 4) is 0 Å². The summed E-state index contributed by atoms with van der Waals surface area (Å²) in [6.45, 7) is 1.58. The lowest BCUT2D eigenvalue weighted by Crippen LogP contribution is -2.14. The molecule has 0 aliphatic rings. The number of aryl methyl sites for hydroxylation is 1. The monoisotopic (exact) mass is 404 g/mol. The summed E-state index contributed by atoms with van der Waals surface area (Å²) in [7, 11) is -7.89. The molecular weight excluding hydrogens is 392 g/mol. The largest absolute Gasteiger partial charge is 0.398 e. The van der Waals surface area contributed by atoms with Crippen LogP contribution in [0.15, 0.2) is 55.6 Å². The Bertz CT molecular complexity index is 954. The van der Waals surface area contributed by atoms with Crippen molar-refractivity contribution < 1.29 is 16.8 Å². The maximum absolute atomic E-state index is 12.7. The van der Waals surface area contributed by atoms with Gasteiger partial charge in [0, 0.05) is 10.2 Å². The Morgan fingerprint density at radius 2 is 1.55 bits per heavy atom. The highest BCUT2D eigenvalue weighted by Gasteiger charge is 2.23. The van der Waals surface area contributed by atoms with Crippen LogP contribution in [0.3, 0.4) is 0 Å². The van der Waals surface area contributed by atoms with Crippen molar-refractivity contribution >= 4 is 41.5 Å². The number of anilines is 1. The highest BCUT2D eigenvalue weighted by atomic mass is 79.9. The van der Waals surface area contributed by atoms with Gasteiger partial charge in [-0.3, -0.25) is 0 Å². The lowest BCUT2D eigenvalue weighted by atomic mass is 10.2. The first kappa shape index (κ1) is 16.9. The van der Waals surface area contributed by atoms with Crippen molar-refractivity contribution in [1.82, 2.24) is 0 Å². The second-order valence-corrected chi connectivity index (χ2v) is 8.99. The van der Waals surface area contributed by atoms with E-state index in [1.54, 1.807) is 6.92 Å². The topological polar surface area (TPSA) is 120 Å². The molecule has 0 aromatic heterocycles. The summed E-state index contributed by atoms with van der Waals surface area (Å²) in [5.74, 6) is 0. The van der Waals surface area contributed by atoms with Crippen molar-refractivity contribution in [3.05, 3.63) is 46.4 Å². The highest BCUT2D eigenvalue weighted by Crippen LogP contribution is 2.29. The quantitative estimate of drug-likeness (QED) is 0.755. The summed E-state index contributed by atoms with van der Waals surface area (Å²) in [6, 6.07) is 7.91. The van der Waals surface area contributed by atoms with Crippen LogP contribution in [0.1, 0.15) is 5.56 Å². The van der Waals surface area contributed by atoms with Gasteiger partial charge in [0.15, 0.2) is 0 Å². The van der Waals surface area contributed by atoms with E-state index in [-0.39, 0.29) is 14.7 Å². The molecule has 0 unspecified atom stereocenters. The Morgan fingerprint density at radius 1 is 0.955 bits per heavy atom. The number of primary sulfonamides is 1. The normalized spacial score (nSPS) is 12.3. The maximum atomic E-state index is 12.7. The molecular formula is C13H13BrN2O4S2. The fourth-order valence-electron chi connectivity index (χ4n) is 1.85. The summed E-state index contributed by atoms with van der Waals surface area (Å²) in [4.78, 5) is -0.370. The minimum atomic E-state index is -3.99. The minimum absolute atomic E-state index is 0.00300. The molecule has 0 heterocycles. The van der Waals surface area contributed by atoms with Gasteiger partial charge in [-0.15, -0.1) is 0 Å². The average molecular weight is 405 g/mol. The van der Waals surface area contributed by atoms with Gasteiger partial charge in [-0.2, -0.15) is 0 Å². The van der Waals surface area contributed by atoms with Gasteiger partial charge in [-0.25, -0.2) is 22.0 Å². The van der Waals surface area contributed by atoms with Gasteiger partial charge in [0.25, 0.3) is 0 Å². The maximum Gasteiger partial charge on any atom is 0.238 e. The van der Waals surface area contributed by atoms with Gasteiger partial charge in [-0.05, 0) is 58.7 Å². The average Bonchev–Trinajstić information content (AvgIpc) is 2.40. The third-order valence-corrected chi connectivity index (χ3v) is 6.55. The molecule has 22 heavy (non-hydrogen) atoms. The minimum Gasteiger partial charge on any atom is -0.398 e.